The smallest absolute Gasteiger partial charge is 0.354 e. The van der Waals surface area contributed by atoms with Crippen LogP contribution in [0.25, 0.3) is 11.1 Å². The molecular formula is C21H19N3O7. The van der Waals surface area contributed by atoms with E-state index < -0.39 is 42.0 Å². The first-order valence-electron chi connectivity index (χ1n) is 9.36. The molecule has 3 rings (SSSR count). The molecule has 1 atom stereocenters. The van der Waals surface area contributed by atoms with Crippen LogP contribution in [0.15, 0.2) is 42.6 Å². The number of benzene rings is 1. The van der Waals surface area contributed by atoms with Gasteiger partial charge in [0.25, 0.3) is 0 Å². The number of hydrogen-bond donors (Lipinski definition) is 3. The normalized spacial score (nSPS) is 16.1. The Kier molecular flexibility index (Phi) is 6.39. The number of rotatable bonds is 7. The number of carbonyl (C=O) groups excluding carboxylic acids is 3. The van der Waals surface area contributed by atoms with Gasteiger partial charge in [0.15, 0.2) is 11.7 Å². The predicted octanol–water partition coefficient (Wildman–Crippen LogP) is 0.565. The highest BCUT2D eigenvalue weighted by molar-refractivity contribution is 6.19. The summed E-state index contributed by atoms with van der Waals surface area (Å²) < 4.78 is 0. The number of amides is 2. The molecule has 0 saturated carbocycles. The minimum absolute atomic E-state index is 0.0105. The molecule has 1 fully saturated rings. The Morgan fingerprint density at radius 2 is 1.71 bits per heavy atom. The second-order valence-corrected chi connectivity index (χ2v) is 6.95. The highest BCUT2D eigenvalue weighted by Crippen LogP contribution is 2.22. The molecular weight excluding hydrogens is 406 g/mol. The Hall–Kier alpha value is -4.08. The molecule has 10 heteroatoms. The molecule has 3 N–H and O–H groups in total. The Labute approximate surface area is 176 Å². The molecule has 0 bridgehead atoms. The number of aliphatic carboxylic acids is 1. The van der Waals surface area contributed by atoms with Crippen molar-refractivity contribution in [2.24, 2.45) is 5.92 Å². The number of pyridine rings is 1. The van der Waals surface area contributed by atoms with Crippen molar-refractivity contribution in [3.63, 3.8) is 0 Å². The monoisotopic (exact) mass is 425 g/mol. The molecule has 2 aromatic rings. The van der Waals surface area contributed by atoms with E-state index in [4.69, 9.17) is 10.2 Å². The van der Waals surface area contributed by atoms with Gasteiger partial charge in [0.05, 0.1) is 0 Å². The van der Waals surface area contributed by atoms with E-state index in [1.165, 1.54) is 17.2 Å². The van der Waals surface area contributed by atoms with Crippen LogP contribution in [-0.4, -0.2) is 62.7 Å². The van der Waals surface area contributed by atoms with Crippen molar-refractivity contribution in [1.29, 1.82) is 0 Å². The fourth-order valence-electron chi connectivity index (χ4n) is 3.21. The second-order valence-electron chi connectivity index (χ2n) is 6.95. The number of piperidine rings is 1. The number of ketones is 1. The van der Waals surface area contributed by atoms with Gasteiger partial charge in [-0.3, -0.25) is 19.2 Å². The van der Waals surface area contributed by atoms with Crippen molar-refractivity contribution >= 4 is 29.5 Å². The van der Waals surface area contributed by atoms with Gasteiger partial charge in [-0.2, -0.15) is 0 Å². The lowest BCUT2D eigenvalue weighted by atomic mass is 9.94. The third kappa shape index (κ3) is 5.10. The zero-order valence-corrected chi connectivity index (χ0v) is 16.3. The van der Waals surface area contributed by atoms with Crippen LogP contribution in [-0.2, 0) is 25.7 Å². The molecule has 0 spiro atoms. The number of hydrogen-bond acceptors (Lipinski definition) is 6. The molecule has 1 unspecified atom stereocenters. The van der Waals surface area contributed by atoms with E-state index in [9.17, 15) is 24.0 Å². The van der Waals surface area contributed by atoms with Crippen LogP contribution in [0.4, 0.5) is 0 Å². The fourth-order valence-corrected chi connectivity index (χ4v) is 3.21. The number of aromatic carboxylic acids is 1. The Bertz CT molecular complexity index is 1030. The van der Waals surface area contributed by atoms with Gasteiger partial charge in [0.2, 0.25) is 11.8 Å². The summed E-state index contributed by atoms with van der Waals surface area (Å²) in [7, 11) is 0. The number of carboxylic acids is 2. The summed E-state index contributed by atoms with van der Waals surface area (Å²) in [4.78, 5) is 63.6. The van der Waals surface area contributed by atoms with Crippen LogP contribution in [0.2, 0.25) is 0 Å². The summed E-state index contributed by atoms with van der Waals surface area (Å²) in [6.07, 6.45) is 1.47. The maximum absolute atomic E-state index is 12.6. The van der Waals surface area contributed by atoms with Gasteiger partial charge in [-0.05, 0) is 17.2 Å². The maximum Gasteiger partial charge on any atom is 0.354 e. The molecule has 1 aromatic carbocycles. The number of nitrogens with zero attached hydrogens (tertiary/aromatic N) is 2. The molecule has 1 aliphatic heterocycles. The van der Waals surface area contributed by atoms with Gasteiger partial charge < -0.3 is 20.4 Å². The number of nitrogens with one attached hydrogen (secondary N) is 1. The Morgan fingerprint density at radius 1 is 1.03 bits per heavy atom. The van der Waals surface area contributed by atoms with Crippen molar-refractivity contribution < 1.29 is 34.2 Å². The molecule has 2 heterocycles. The Morgan fingerprint density at radius 3 is 2.29 bits per heavy atom. The lowest BCUT2D eigenvalue weighted by Gasteiger charge is -2.30. The summed E-state index contributed by atoms with van der Waals surface area (Å²) in [6.45, 7) is -0.312. The average Bonchev–Trinajstić information content (AvgIpc) is 2.75. The van der Waals surface area contributed by atoms with E-state index in [0.29, 0.717) is 0 Å². The lowest BCUT2D eigenvalue weighted by molar-refractivity contribution is -0.152. The molecule has 1 aromatic heterocycles. The minimum atomic E-state index is -1.54. The van der Waals surface area contributed by atoms with E-state index >= 15 is 0 Å². The van der Waals surface area contributed by atoms with Crippen LogP contribution >= 0.6 is 0 Å². The lowest BCUT2D eigenvalue weighted by Crippen LogP contribution is -2.52. The van der Waals surface area contributed by atoms with Crippen LogP contribution in [0.5, 0.6) is 0 Å². The number of aromatic nitrogens is 1. The van der Waals surface area contributed by atoms with Gasteiger partial charge >= 0.3 is 11.9 Å². The van der Waals surface area contributed by atoms with Crippen molar-refractivity contribution in [2.75, 3.05) is 13.1 Å². The second kappa shape index (κ2) is 9.16. The van der Waals surface area contributed by atoms with E-state index in [1.807, 2.05) is 0 Å². The molecule has 1 saturated heterocycles. The first kappa shape index (κ1) is 21.6. The van der Waals surface area contributed by atoms with Crippen LogP contribution in [0.1, 0.15) is 22.5 Å². The van der Waals surface area contributed by atoms with Gasteiger partial charge in [-0.25, -0.2) is 9.78 Å². The number of carboxylic acid groups (broad SMARTS) is 2. The van der Waals surface area contributed by atoms with Crippen LogP contribution < -0.4 is 5.32 Å². The molecule has 2 amide bonds. The predicted molar refractivity (Wildman–Crippen MR) is 106 cm³/mol. The Balaban J connectivity index is 1.68. The van der Waals surface area contributed by atoms with Crippen molar-refractivity contribution in [3.8, 4) is 11.1 Å². The summed E-state index contributed by atoms with van der Waals surface area (Å²) >= 11 is 0. The molecule has 160 valence electrons. The maximum atomic E-state index is 12.6. The van der Waals surface area contributed by atoms with Crippen molar-refractivity contribution in [2.45, 2.75) is 13.0 Å². The van der Waals surface area contributed by atoms with E-state index in [1.54, 1.807) is 30.3 Å². The first-order chi connectivity index (χ1) is 14.8. The van der Waals surface area contributed by atoms with Crippen molar-refractivity contribution in [1.82, 2.24) is 15.2 Å². The third-order valence-corrected chi connectivity index (χ3v) is 4.83. The van der Waals surface area contributed by atoms with Crippen molar-refractivity contribution in [3.05, 3.63) is 53.9 Å². The quantitative estimate of drug-likeness (QED) is 0.544. The zero-order valence-electron chi connectivity index (χ0n) is 16.3. The van der Waals surface area contributed by atoms with Gasteiger partial charge in [-0.1, -0.05) is 30.3 Å². The number of Topliss-reactive ketones (excluding diaryl/α,β-unsaturated/α-hetero) is 1. The van der Waals surface area contributed by atoms with Gasteiger partial charge in [-0.15, -0.1) is 0 Å². The first-order valence-corrected chi connectivity index (χ1v) is 9.36. The highest BCUT2D eigenvalue weighted by atomic mass is 16.4. The van der Waals surface area contributed by atoms with Gasteiger partial charge in [0, 0.05) is 31.3 Å². The fraction of sp³-hybridized carbons (Fsp3) is 0.238. The molecule has 31 heavy (non-hydrogen) atoms. The number of likely N-dealkylation sites (tertiary alicyclic amines) is 1. The SMILES string of the molecule is O=C(O)CNC(=O)C1C(=O)CCN(Cc2ccc(-c3ccc(C(=O)O)nc3)cc2)C1=O. The van der Waals surface area contributed by atoms with Gasteiger partial charge in [0.1, 0.15) is 12.2 Å². The largest absolute Gasteiger partial charge is 0.480 e. The standard InChI is InChI=1S/C21H19N3O7/c25-16-7-8-24(20(29)18(16)19(28)23-10-17(26)27)11-12-1-3-13(4-2-12)14-5-6-15(21(30)31)22-9-14/h1-6,9,18H,7-8,10-11H2,(H,23,28)(H,26,27)(H,30,31). The van der Waals surface area contributed by atoms with E-state index in [2.05, 4.69) is 10.3 Å². The minimum Gasteiger partial charge on any atom is -0.480 e. The molecule has 0 aliphatic carbocycles. The summed E-state index contributed by atoms with van der Waals surface area (Å²) in [6, 6.07) is 10.2. The van der Waals surface area contributed by atoms with E-state index in [0.717, 1.165) is 16.7 Å². The number of carbonyl (C=O) groups is 5. The third-order valence-electron chi connectivity index (χ3n) is 4.83. The molecule has 0 radical (unpaired) electrons. The van der Waals surface area contributed by atoms with Crippen LogP contribution in [0.3, 0.4) is 0 Å². The zero-order chi connectivity index (χ0) is 22.5. The molecule has 1 aliphatic rings. The van der Waals surface area contributed by atoms with E-state index in [-0.39, 0.29) is 25.2 Å². The van der Waals surface area contributed by atoms with Crippen LogP contribution in [0, 0.1) is 5.92 Å². The summed E-state index contributed by atoms with van der Waals surface area (Å²) in [5.41, 5.74) is 2.25. The highest BCUT2D eigenvalue weighted by Gasteiger charge is 2.40. The molecule has 10 nitrogen and oxygen atoms in total. The average molecular weight is 425 g/mol. The summed E-state index contributed by atoms with van der Waals surface area (Å²) in [5, 5.41) is 19.7. The summed E-state index contributed by atoms with van der Waals surface area (Å²) in [5.74, 6) is -6.01. The topological polar surface area (TPSA) is 154 Å².